The van der Waals surface area contributed by atoms with Gasteiger partial charge in [0.1, 0.15) is 11.9 Å². The number of carbonyl (C=O) groups excluding carboxylic acids is 3. The van der Waals surface area contributed by atoms with Crippen LogP contribution in [-0.4, -0.2) is 44.9 Å². The van der Waals surface area contributed by atoms with Gasteiger partial charge in [-0.25, -0.2) is 0 Å². The molecule has 3 amide bonds. The fourth-order valence-electron chi connectivity index (χ4n) is 3.25. The lowest BCUT2D eigenvalue weighted by Crippen LogP contribution is -2.42. The van der Waals surface area contributed by atoms with Crippen molar-refractivity contribution in [2.75, 3.05) is 11.9 Å². The first-order valence-electron chi connectivity index (χ1n) is 9.38. The van der Waals surface area contributed by atoms with E-state index < -0.39 is 6.04 Å². The van der Waals surface area contributed by atoms with Crippen molar-refractivity contribution >= 4 is 29.1 Å². The van der Waals surface area contributed by atoms with Gasteiger partial charge in [-0.1, -0.05) is 18.2 Å². The van der Waals surface area contributed by atoms with Crippen molar-refractivity contribution in [3.05, 3.63) is 60.0 Å². The number of anilines is 1. The maximum Gasteiger partial charge on any atom is 0.254 e. The van der Waals surface area contributed by atoms with E-state index in [4.69, 9.17) is 0 Å². The Morgan fingerprint density at radius 3 is 2.83 bits per heavy atom. The van der Waals surface area contributed by atoms with Gasteiger partial charge in [0, 0.05) is 25.6 Å². The number of para-hydroxylation sites is 1. The summed E-state index contributed by atoms with van der Waals surface area (Å²) in [6.45, 7) is 0.406. The Labute approximate surface area is 166 Å². The molecule has 0 fully saturated rings. The molecule has 0 bridgehead atoms. The summed E-state index contributed by atoms with van der Waals surface area (Å²) in [5, 5.41) is 16.4. The molecule has 2 aromatic heterocycles. The largest absolute Gasteiger partial charge is 0.356 e. The highest BCUT2D eigenvalue weighted by Gasteiger charge is 2.27. The number of hydrogen-bond acceptors (Lipinski definition) is 5. The van der Waals surface area contributed by atoms with E-state index in [1.807, 2.05) is 28.8 Å². The number of pyridine rings is 1. The minimum absolute atomic E-state index is 0.120. The van der Waals surface area contributed by atoms with Crippen LogP contribution in [0.3, 0.4) is 0 Å². The summed E-state index contributed by atoms with van der Waals surface area (Å²) in [5.41, 5.74) is 1.64. The third-order valence-corrected chi connectivity index (χ3v) is 4.77. The lowest BCUT2D eigenvalue weighted by Gasteiger charge is -2.14. The molecule has 0 saturated heterocycles. The van der Waals surface area contributed by atoms with E-state index >= 15 is 0 Å². The highest BCUT2D eigenvalue weighted by Crippen LogP contribution is 2.19. The van der Waals surface area contributed by atoms with E-state index in [1.165, 1.54) is 0 Å². The van der Waals surface area contributed by atoms with Crippen LogP contribution >= 0.6 is 0 Å². The molecule has 29 heavy (non-hydrogen) atoms. The molecular formula is C20H20N6O3. The lowest BCUT2D eigenvalue weighted by molar-refractivity contribution is -0.121. The molecule has 9 nitrogen and oxygen atoms in total. The van der Waals surface area contributed by atoms with Gasteiger partial charge in [0.25, 0.3) is 5.91 Å². The van der Waals surface area contributed by atoms with Crippen LogP contribution in [0.2, 0.25) is 0 Å². The first-order chi connectivity index (χ1) is 14.1. The monoisotopic (exact) mass is 392 g/mol. The summed E-state index contributed by atoms with van der Waals surface area (Å²) < 4.78 is 1.87. The van der Waals surface area contributed by atoms with E-state index in [9.17, 15) is 14.4 Å². The smallest absolute Gasteiger partial charge is 0.254 e. The zero-order chi connectivity index (χ0) is 20.2. The number of nitrogens with zero attached hydrogens (tertiary/aromatic N) is 3. The SMILES string of the molecule is O=C(CCC1NC(=O)c2ccccc2NC1=O)NCCc1nnc2ccccn12. The minimum atomic E-state index is -0.763. The van der Waals surface area contributed by atoms with E-state index in [1.54, 1.807) is 24.3 Å². The standard InChI is InChI=1S/C20H20N6O3/c27-18(21-11-10-17-25-24-16-7-3-4-12-26(16)17)9-8-15-20(29)22-14-6-2-1-5-13(14)19(28)23-15/h1-7,12,15H,8-11H2,(H,21,27)(H,22,29)(H,23,28). The summed E-state index contributed by atoms with van der Waals surface area (Å²) in [7, 11) is 0. The molecule has 1 atom stereocenters. The quantitative estimate of drug-likeness (QED) is 0.577. The predicted octanol–water partition coefficient (Wildman–Crippen LogP) is 0.919. The first kappa shape index (κ1) is 18.6. The highest BCUT2D eigenvalue weighted by atomic mass is 16.2. The average Bonchev–Trinajstić information content (AvgIpc) is 3.09. The summed E-state index contributed by atoms with van der Waals surface area (Å²) in [6, 6.07) is 11.7. The second-order valence-corrected chi connectivity index (χ2v) is 6.74. The van der Waals surface area contributed by atoms with E-state index in [0.717, 1.165) is 11.5 Å². The third kappa shape index (κ3) is 4.08. The van der Waals surface area contributed by atoms with Gasteiger partial charge < -0.3 is 16.0 Å². The molecule has 1 aliphatic rings. The number of aromatic nitrogens is 3. The molecule has 1 unspecified atom stereocenters. The lowest BCUT2D eigenvalue weighted by atomic mass is 10.1. The molecule has 0 saturated carbocycles. The Morgan fingerprint density at radius 2 is 1.93 bits per heavy atom. The molecule has 3 aromatic rings. The van der Waals surface area contributed by atoms with E-state index in [0.29, 0.717) is 24.2 Å². The molecule has 3 heterocycles. The van der Waals surface area contributed by atoms with Gasteiger partial charge in [-0.15, -0.1) is 10.2 Å². The third-order valence-electron chi connectivity index (χ3n) is 4.77. The zero-order valence-corrected chi connectivity index (χ0v) is 15.6. The van der Waals surface area contributed by atoms with Gasteiger partial charge >= 0.3 is 0 Å². The Bertz CT molecular complexity index is 1080. The summed E-state index contributed by atoms with van der Waals surface area (Å²) in [4.78, 5) is 36.8. The first-order valence-corrected chi connectivity index (χ1v) is 9.38. The van der Waals surface area contributed by atoms with Gasteiger partial charge in [0.05, 0.1) is 11.3 Å². The molecule has 1 aromatic carbocycles. The molecule has 4 rings (SSSR count). The number of fused-ring (bicyclic) bond motifs is 2. The molecular weight excluding hydrogens is 372 g/mol. The molecule has 0 aliphatic carbocycles. The van der Waals surface area contributed by atoms with Crippen LogP contribution in [0.4, 0.5) is 5.69 Å². The normalized spacial score (nSPS) is 15.9. The second kappa shape index (κ2) is 8.09. The van der Waals surface area contributed by atoms with Crippen molar-refractivity contribution in [3.63, 3.8) is 0 Å². The maximum absolute atomic E-state index is 12.4. The van der Waals surface area contributed by atoms with Gasteiger partial charge in [0.15, 0.2) is 5.65 Å². The van der Waals surface area contributed by atoms with E-state index in [2.05, 4.69) is 26.1 Å². The summed E-state index contributed by atoms with van der Waals surface area (Å²) >= 11 is 0. The van der Waals surface area contributed by atoms with Crippen molar-refractivity contribution in [1.29, 1.82) is 0 Å². The van der Waals surface area contributed by atoms with Crippen molar-refractivity contribution in [2.24, 2.45) is 0 Å². The summed E-state index contributed by atoms with van der Waals surface area (Å²) in [6.07, 6.45) is 2.74. The second-order valence-electron chi connectivity index (χ2n) is 6.74. The van der Waals surface area contributed by atoms with Gasteiger partial charge in [-0.2, -0.15) is 0 Å². The van der Waals surface area contributed by atoms with Gasteiger partial charge in [-0.05, 0) is 30.7 Å². The summed E-state index contributed by atoms with van der Waals surface area (Å²) in [5.74, 6) is -0.0919. The molecule has 1 aliphatic heterocycles. The van der Waals surface area contributed by atoms with Crippen molar-refractivity contribution < 1.29 is 14.4 Å². The van der Waals surface area contributed by atoms with Crippen LogP contribution in [-0.2, 0) is 16.0 Å². The number of amides is 3. The van der Waals surface area contributed by atoms with Crippen LogP contribution in [0, 0.1) is 0 Å². The fourth-order valence-corrected chi connectivity index (χ4v) is 3.25. The van der Waals surface area contributed by atoms with Crippen molar-refractivity contribution in [2.45, 2.75) is 25.3 Å². The molecule has 148 valence electrons. The Hall–Kier alpha value is -3.75. The van der Waals surface area contributed by atoms with Crippen LogP contribution in [0.25, 0.3) is 5.65 Å². The number of benzene rings is 1. The molecule has 9 heteroatoms. The Kier molecular flexibility index (Phi) is 5.19. The topological polar surface area (TPSA) is 117 Å². The van der Waals surface area contributed by atoms with Crippen molar-refractivity contribution in [1.82, 2.24) is 25.2 Å². The van der Waals surface area contributed by atoms with E-state index in [-0.39, 0.29) is 30.6 Å². The maximum atomic E-state index is 12.4. The number of nitrogens with one attached hydrogen (secondary N) is 3. The van der Waals surface area contributed by atoms with Crippen LogP contribution < -0.4 is 16.0 Å². The van der Waals surface area contributed by atoms with Crippen molar-refractivity contribution in [3.8, 4) is 0 Å². The molecule has 0 spiro atoms. The highest BCUT2D eigenvalue weighted by molar-refractivity contribution is 6.09. The number of carbonyl (C=O) groups is 3. The Morgan fingerprint density at radius 1 is 1.10 bits per heavy atom. The Balaban J connectivity index is 1.27. The predicted molar refractivity (Wildman–Crippen MR) is 105 cm³/mol. The van der Waals surface area contributed by atoms with Gasteiger partial charge in [-0.3, -0.25) is 18.8 Å². The van der Waals surface area contributed by atoms with Gasteiger partial charge in [0.2, 0.25) is 11.8 Å². The molecule has 0 radical (unpaired) electrons. The van der Waals surface area contributed by atoms with Crippen LogP contribution in [0.1, 0.15) is 29.0 Å². The zero-order valence-electron chi connectivity index (χ0n) is 15.6. The number of rotatable bonds is 6. The van der Waals surface area contributed by atoms with Crippen LogP contribution in [0.5, 0.6) is 0 Å². The average molecular weight is 392 g/mol. The minimum Gasteiger partial charge on any atom is -0.356 e. The fraction of sp³-hybridized carbons (Fsp3) is 0.250. The number of hydrogen-bond donors (Lipinski definition) is 3. The van der Waals surface area contributed by atoms with Crippen LogP contribution in [0.15, 0.2) is 48.7 Å². The molecule has 3 N–H and O–H groups in total.